The number of halogens is 2. The van der Waals surface area contributed by atoms with E-state index in [1.165, 1.54) is 0 Å². The molecule has 0 aromatic carbocycles. The Labute approximate surface area is 109 Å². The van der Waals surface area contributed by atoms with Crippen molar-refractivity contribution >= 4 is 37.7 Å². The second kappa shape index (κ2) is 9.90. The van der Waals surface area contributed by atoms with Crippen molar-refractivity contribution in [1.29, 1.82) is 0 Å². The molecule has 0 aliphatic rings. The summed E-state index contributed by atoms with van der Waals surface area (Å²) in [5.41, 5.74) is 0. The molecule has 0 heterocycles. The zero-order valence-corrected chi connectivity index (χ0v) is 11.8. The average molecular weight is 440 g/mol. The van der Waals surface area contributed by atoms with Gasteiger partial charge in [0.1, 0.15) is 40.2 Å². The Morgan fingerprint density at radius 2 is 0.500 bits per heavy atom. The van der Waals surface area contributed by atoms with Crippen LogP contribution < -0.4 is 67.7 Å². The normalized spacial score (nSPS) is 10.0. The minimum Gasteiger partial charge on any atom is -0.412 e. The SMILES string of the molecule is O.[Ca+2].[O-][I+3]([O-])([O-])[O-].[O-][I+3]([O-])([O-])[O-]. The molecule has 0 saturated carbocycles. The molecule has 12 heteroatoms. The van der Waals surface area contributed by atoms with Gasteiger partial charge in [-0.1, -0.05) is 0 Å². The molecule has 72 valence electrons. The van der Waals surface area contributed by atoms with Gasteiger partial charge in [0, 0.05) is 0 Å². The summed E-state index contributed by atoms with van der Waals surface area (Å²) < 4.78 is 68.9. The number of rotatable bonds is 0. The van der Waals surface area contributed by atoms with Crippen LogP contribution >= 0.6 is 0 Å². The molecule has 0 spiro atoms. The van der Waals surface area contributed by atoms with E-state index >= 15 is 0 Å². The molecule has 0 aliphatic heterocycles. The molecule has 2 N–H and O–H groups in total. The summed E-state index contributed by atoms with van der Waals surface area (Å²) in [7, 11) is 0. The second-order valence-electron chi connectivity index (χ2n) is 0.756. The summed E-state index contributed by atoms with van der Waals surface area (Å²) in [6.07, 6.45) is 0. The Kier molecular flexibility index (Phi) is 19.7. The van der Waals surface area contributed by atoms with Crippen LogP contribution in [0.4, 0.5) is 0 Å². The first-order valence-corrected chi connectivity index (χ1v) is 8.28. The summed E-state index contributed by atoms with van der Waals surface area (Å²) in [6.45, 7) is 0. The van der Waals surface area contributed by atoms with Gasteiger partial charge in [-0.25, -0.2) is 0 Å². The van der Waals surface area contributed by atoms with Crippen molar-refractivity contribution in [1.82, 2.24) is 0 Å². The second-order valence-corrected chi connectivity index (χ2v) is 5.07. The topological polar surface area (TPSA) is 216 Å². The van der Waals surface area contributed by atoms with Crippen molar-refractivity contribution in [3.63, 3.8) is 0 Å². The molecule has 0 saturated heterocycles. The van der Waals surface area contributed by atoms with Gasteiger partial charge in [-0.3, -0.25) is 27.5 Å². The molecule has 0 radical (unpaired) electrons. The molecule has 0 fully saturated rings. The van der Waals surface area contributed by atoms with Gasteiger partial charge in [0.2, 0.25) is 0 Å². The minimum absolute atomic E-state index is 0. The Bertz CT molecular complexity index is 55.5. The molecule has 0 rings (SSSR count). The molecule has 0 bridgehead atoms. The van der Waals surface area contributed by atoms with E-state index < -0.39 is 40.2 Å². The third kappa shape index (κ3) is 286. The molecule has 9 nitrogen and oxygen atoms in total. The maximum absolute atomic E-state index is 8.62. The van der Waals surface area contributed by atoms with Gasteiger partial charge >= 0.3 is 37.7 Å². The zero-order chi connectivity index (χ0) is 9.00. The molecule has 0 unspecified atom stereocenters. The Morgan fingerprint density at radius 1 is 0.500 bits per heavy atom. The van der Waals surface area contributed by atoms with E-state index in [1.807, 2.05) is 0 Å². The quantitative estimate of drug-likeness (QED) is 0.260. The third-order valence-electron chi connectivity index (χ3n) is 0. The number of hydrogen-bond acceptors (Lipinski definition) is 8. The van der Waals surface area contributed by atoms with E-state index in [1.54, 1.807) is 0 Å². The summed E-state index contributed by atoms with van der Waals surface area (Å²) in [6, 6.07) is 0. The van der Waals surface area contributed by atoms with Gasteiger partial charge in [-0.2, -0.15) is 0 Å². The first kappa shape index (κ1) is 23.9. The largest absolute Gasteiger partial charge is 2.00 e. The van der Waals surface area contributed by atoms with E-state index in [-0.39, 0.29) is 43.2 Å². The maximum Gasteiger partial charge on any atom is 2.00 e. The van der Waals surface area contributed by atoms with E-state index in [2.05, 4.69) is 0 Å². The van der Waals surface area contributed by atoms with Crippen LogP contribution in [0.15, 0.2) is 0 Å². The Morgan fingerprint density at radius 3 is 0.500 bits per heavy atom. The molecule has 12 heavy (non-hydrogen) atoms. The summed E-state index contributed by atoms with van der Waals surface area (Å²) >= 11 is -11.9. The fraction of sp³-hybridized carbons (Fsp3) is 0. The van der Waals surface area contributed by atoms with Gasteiger partial charge in [0.15, 0.2) is 0 Å². The average Bonchev–Trinajstić information content (AvgIpc) is 1.12. The summed E-state index contributed by atoms with van der Waals surface area (Å²) in [4.78, 5) is 0. The van der Waals surface area contributed by atoms with Gasteiger partial charge in [0.25, 0.3) is 0 Å². The molecular weight excluding hydrogens is 438 g/mol. The first-order chi connectivity index (χ1) is 4.00. The van der Waals surface area contributed by atoms with Crippen molar-refractivity contribution in [2.45, 2.75) is 0 Å². The molecular formula is H2CaI2O9. The Balaban J connectivity index is -0.0000000457. The molecule has 0 atom stereocenters. The van der Waals surface area contributed by atoms with E-state index in [4.69, 9.17) is 27.5 Å². The van der Waals surface area contributed by atoms with Crippen molar-refractivity contribution < 1.29 is 73.2 Å². The van der Waals surface area contributed by atoms with Crippen LogP contribution in [-0.2, 0) is 0 Å². The molecule has 0 aromatic heterocycles. The number of hydrogen-bond donors (Lipinski definition) is 0. The molecule has 0 aliphatic carbocycles. The fourth-order valence-electron chi connectivity index (χ4n) is 0. The zero-order valence-electron chi connectivity index (χ0n) is 5.23. The van der Waals surface area contributed by atoms with Gasteiger partial charge in [0.05, 0.1) is 0 Å². The van der Waals surface area contributed by atoms with E-state index in [9.17, 15) is 0 Å². The first-order valence-electron chi connectivity index (χ1n) is 1.23. The van der Waals surface area contributed by atoms with Crippen molar-refractivity contribution in [2.75, 3.05) is 0 Å². The van der Waals surface area contributed by atoms with Crippen LogP contribution in [0.5, 0.6) is 0 Å². The van der Waals surface area contributed by atoms with Crippen LogP contribution in [-0.4, -0.2) is 43.2 Å². The fourth-order valence-corrected chi connectivity index (χ4v) is 0. The van der Waals surface area contributed by atoms with Crippen LogP contribution in [0.3, 0.4) is 0 Å². The van der Waals surface area contributed by atoms with Crippen molar-refractivity contribution in [3.8, 4) is 0 Å². The minimum atomic E-state index is -5.94. The third-order valence-corrected chi connectivity index (χ3v) is 0. The summed E-state index contributed by atoms with van der Waals surface area (Å²) in [5, 5.41) is 0. The van der Waals surface area contributed by atoms with E-state index in [0.29, 0.717) is 0 Å². The maximum atomic E-state index is 8.62. The van der Waals surface area contributed by atoms with Crippen LogP contribution in [0.2, 0.25) is 0 Å². The van der Waals surface area contributed by atoms with Gasteiger partial charge in [-0.15, -0.1) is 0 Å². The van der Waals surface area contributed by atoms with Crippen molar-refractivity contribution in [3.05, 3.63) is 0 Å². The standard InChI is InChI=1S/Ca.2IO4.H2O/c;2*2-1(3,4)5;/h;;;1H2/q+2;2*-1;. The Hall–Kier alpha value is 2.36. The molecule has 0 amide bonds. The predicted molar refractivity (Wildman–Crippen MR) is 9.37 cm³/mol. The van der Waals surface area contributed by atoms with Gasteiger partial charge < -0.3 is 5.48 Å². The molecule has 0 aromatic rings. The smallest absolute Gasteiger partial charge is 0.412 e. The van der Waals surface area contributed by atoms with Gasteiger partial charge in [-0.05, 0) is 0 Å². The van der Waals surface area contributed by atoms with Crippen LogP contribution in [0, 0.1) is 0 Å². The summed E-state index contributed by atoms with van der Waals surface area (Å²) in [5.74, 6) is 0. The monoisotopic (exact) mass is 440 g/mol. The van der Waals surface area contributed by atoms with Crippen LogP contribution in [0.1, 0.15) is 0 Å². The van der Waals surface area contributed by atoms with Crippen LogP contribution in [0.25, 0.3) is 0 Å². The van der Waals surface area contributed by atoms with E-state index in [0.717, 1.165) is 0 Å². The predicted octanol–water partition coefficient (Wildman–Crippen LogP) is -16.7. The van der Waals surface area contributed by atoms with Crippen molar-refractivity contribution in [2.24, 2.45) is 0 Å².